The van der Waals surface area contributed by atoms with Gasteiger partial charge in [0, 0.05) is 29.5 Å². The summed E-state index contributed by atoms with van der Waals surface area (Å²) < 4.78 is 0. The fourth-order valence-corrected chi connectivity index (χ4v) is 4.27. The molecule has 0 spiro atoms. The van der Waals surface area contributed by atoms with Crippen LogP contribution < -0.4 is 11.1 Å². The Balaban J connectivity index is 1.45. The maximum Gasteiger partial charge on any atom is 0.228 e. The fraction of sp³-hybridized carbons (Fsp3) is 0.185. The molecule has 0 unspecified atom stereocenters. The Bertz CT molecular complexity index is 1410. The number of aromatic nitrogens is 2. The van der Waals surface area contributed by atoms with Gasteiger partial charge >= 0.3 is 0 Å². The lowest BCUT2D eigenvalue weighted by Gasteiger charge is -2.12. The minimum atomic E-state index is -0.106. The monoisotopic (exact) mass is 433 g/mol. The molecule has 2 aromatic heterocycles. The zero-order valence-electron chi connectivity index (χ0n) is 18.2. The second kappa shape index (κ2) is 8.36. The summed E-state index contributed by atoms with van der Waals surface area (Å²) in [6.45, 7) is 2.06. The molecule has 6 nitrogen and oxygen atoms in total. The Hall–Kier alpha value is -4.24. The van der Waals surface area contributed by atoms with Crippen molar-refractivity contribution in [2.45, 2.75) is 19.8 Å². The highest BCUT2D eigenvalue weighted by Gasteiger charge is 2.42. The number of rotatable bonds is 5. The highest BCUT2D eigenvalue weighted by molar-refractivity contribution is 5.98. The normalized spacial score (nSPS) is 16.8. The third-order valence-corrected chi connectivity index (χ3v) is 6.22. The van der Waals surface area contributed by atoms with Crippen LogP contribution in [0.1, 0.15) is 18.4 Å². The first-order valence-corrected chi connectivity index (χ1v) is 10.9. The Morgan fingerprint density at radius 2 is 1.97 bits per heavy atom. The standard InChI is InChI=1S/C27H23N5O/c1-16-11-18(17-5-3-2-4-6-17)7-8-21(16)24-13-20-14-25(30-15-23(20)26(29)31-24)32-27(33)22-12-19(22)9-10-28/h2-8,11,13-15,19,22H,9,12H2,1H3,(H2,29,31)(H,30,32,33)/t19-,22-/m1/s1. The number of nitrogens with one attached hydrogen (secondary N) is 1. The Morgan fingerprint density at radius 1 is 1.15 bits per heavy atom. The lowest BCUT2D eigenvalue weighted by atomic mass is 9.97. The minimum absolute atomic E-state index is 0.0864. The van der Waals surface area contributed by atoms with Gasteiger partial charge in [-0.25, -0.2) is 9.97 Å². The summed E-state index contributed by atoms with van der Waals surface area (Å²) in [4.78, 5) is 21.4. The van der Waals surface area contributed by atoms with Crippen LogP contribution in [0.5, 0.6) is 0 Å². The van der Waals surface area contributed by atoms with Gasteiger partial charge in [0.05, 0.1) is 11.8 Å². The van der Waals surface area contributed by atoms with Crippen molar-refractivity contribution in [2.24, 2.45) is 11.8 Å². The molecule has 1 fully saturated rings. The van der Waals surface area contributed by atoms with E-state index in [2.05, 4.69) is 58.6 Å². The Morgan fingerprint density at radius 3 is 2.73 bits per heavy atom. The van der Waals surface area contributed by atoms with E-state index in [0.29, 0.717) is 18.1 Å². The van der Waals surface area contributed by atoms with Crippen molar-refractivity contribution in [1.82, 2.24) is 9.97 Å². The summed E-state index contributed by atoms with van der Waals surface area (Å²) in [5.41, 5.74) is 11.4. The van der Waals surface area contributed by atoms with Crippen molar-refractivity contribution < 1.29 is 4.79 Å². The van der Waals surface area contributed by atoms with E-state index in [1.54, 1.807) is 6.20 Å². The number of aryl methyl sites for hydroxylation is 1. The molecule has 6 heteroatoms. The molecule has 0 saturated heterocycles. The Kier molecular flexibility index (Phi) is 5.23. The number of hydrogen-bond acceptors (Lipinski definition) is 5. The first kappa shape index (κ1) is 20.7. The predicted octanol–water partition coefficient (Wildman–Crippen LogP) is 5.34. The molecule has 5 rings (SSSR count). The molecular weight excluding hydrogens is 410 g/mol. The smallest absolute Gasteiger partial charge is 0.228 e. The molecule has 3 N–H and O–H groups in total. The van der Waals surface area contributed by atoms with Crippen molar-refractivity contribution >= 4 is 28.3 Å². The van der Waals surface area contributed by atoms with Gasteiger partial charge in [0.2, 0.25) is 5.91 Å². The van der Waals surface area contributed by atoms with Crippen LogP contribution >= 0.6 is 0 Å². The molecule has 0 aliphatic heterocycles. The fourth-order valence-electron chi connectivity index (χ4n) is 4.27. The largest absolute Gasteiger partial charge is 0.383 e. The minimum Gasteiger partial charge on any atom is -0.383 e. The lowest BCUT2D eigenvalue weighted by Crippen LogP contribution is -2.15. The first-order chi connectivity index (χ1) is 16.0. The zero-order chi connectivity index (χ0) is 22.9. The average molecular weight is 434 g/mol. The van der Waals surface area contributed by atoms with Gasteiger partial charge in [-0.2, -0.15) is 5.26 Å². The van der Waals surface area contributed by atoms with Crippen molar-refractivity contribution in [1.29, 1.82) is 5.26 Å². The number of carbonyl (C=O) groups is 1. The third kappa shape index (κ3) is 4.13. The molecule has 2 atom stereocenters. The number of fused-ring (bicyclic) bond motifs is 1. The van der Waals surface area contributed by atoms with E-state index >= 15 is 0 Å². The van der Waals surface area contributed by atoms with Gasteiger partial charge in [0.25, 0.3) is 0 Å². The number of hydrogen-bond donors (Lipinski definition) is 2. The second-order valence-corrected chi connectivity index (χ2v) is 8.53. The van der Waals surface area contributed by atoms with E-state index in [9.17, 15) is 4.79 Å². The van der Waals surface area contributed by atoms with Gasteiger partial charge in [-0.3, -0.25) is 4.79 Å². The van der Waals surface area contributed by atoms with Crippen molar-refractivity contribution in [2.75, 3.05) is 11.1 Å². The molecule has 33 heavy (non-hydrogen) atoms. The van der Waals surface area contributed by atoms with Crippen LogP contribution in [0.15, 0.2) is 66.9 Å². The maximum absolute atomic E-state index is 12.4. The number of benzene rings is 2. The highest BCUT2D eigenvalue weighted by atomic mass is 16.2. The average Bonchev–Trinajstić information content (AvgIpc) is 3.59. The second-order valence-electron chi connectivity index (χ2n) is 8.53. The van der Waals surface area contributed by atoms with Gasteiger partial charge in [0.1, 0.15) is 11.6 Å². The van der Waals surface area contributed by atoms with E-state index < -0.39 is 0 Å². The van der Waals surface area contributed by atoms with Crippen LogP contribution in [0.3, 0.4) is 0 Å². The maximum atomic E-state index is 12.4. The predicted molar refractivity (Wildman–Crippen MR) is 130 cm³/mol. The van der Waals surface area contributed by atoms with Gasteiger partial charge in [0.15, 0.2) is 0 Å². The summed E-state index contributed by atoms with van der Waals surface area (Å²) >= 11 is 0. The van der Waals surface area contributed by atoms with Crippen molar-refractivity contribution in [3.05, 3.63) is 72.4 Å². The van der Waals surface area contributed by atoms with Crippen LogP contribution in [0.2, 0.25) is 0 Å². The van der Waals surface area contributed by atoms with Crippen LogP contribution in [0.25, 0.3) is 33.2 Å². The van der Waals surface area contributed by atoms with Crippen molar-refractivity contribution in [3.8, 4) is 28.5 Å². The number of nitrogen functional groups attached to an aromatic ring is 1. The number of carbonyl (C=O) groups excluding carboxylic acids is 1. The summed E-state index contributed by atoms with van der Waals surface area (Å²) in [7, 11) is 0. The number of nitriles is 1. The summed E-state index contributed by atoms with van der Waals surface area (Å²) in [5, 5.41) is 13.3. The van der Waals surface area contributed by atoms with Gasteiger partial charge in [-0.1, -0.05) is 48.5 Å². The molecule has 162 valence electrons. The van der Waals surface area contributed by atoms with Gasteiger partial charge < -0.3 is 11.1 Å². The Labute approximate surface area is 192 Å². The van der Waals surface area contributed by atoms with Gasteiger partial charge in [-0.15, -0.1) is 0 Å². The molecule has 1 saturated carbocycles. The molecule has 1 amide bonds. The van der Waals surface area contributed by atoms with E-state index in [1.165, 1.54) is 0 Å². The van der Waals surface area contributed by atoms with E-state index in [0.717, 1.165) is 45.1 Å². The van der Waals surface area contributed by atoms with Crippen LogP contribution in [0.4, 0.5) is 11.6 Å². The van der Waals surface area contributed by atoms with E-state index in [4.69, 9.17) is 11.0 Å². The summed E-state index contributed by atoms with van der Waals surface area (Å²) in [5.74, 6) is 0.838. The topological polar surface area (TPSA) is 105 Å². The summed E-state index contributed by atoms with van der Waals surface area (Å²) in [6.07, 6.45) is 2.81. The number of nitrogens with two attached hydrogens (primary N) is 1. The van der Waals surface area contributed by atoms with Gasteiger partial charge in [-0.05, 0) is 53.5 Å². The molecular formula is C27H23N5O. The molecule has 1 aliphatic rings. The molecule has 0 bridgehead atoms. The third-order valence-electron chi connectivity index (χ3n) is 6.22. The highest BCUT2D eigenvalue weighted by Crippen LogP contribution is 2.41. The molecule has 0 radical (unpaired) electrons. The first-order valence-electron chi connectivity index (χ1n) is 10.9. The number of pyridine rings is 2. The number of anilines is 2. The summed E-state index contributed by atoms with van der Waals surface area (Å²) in [6, 6.07) is 22.5. The zero-order valence-corrected chi connectivity index (χ0v) is 18.2. The van der Waals surface area contributed by atoms with Crippen LogP contribution in [-0.2, 0) is 4.79 Å². The molecule has 4 aromatic rings. The van der Waals surface area contributed by atoms with Crippen LogP contribution in [-0.4, -0.2) is 15.9 Å². The number of nitrogens with zero attached hydrogens (tertiary/aromatic N) is 3. The molecule has 1 aliphatic carbocycles. The SMILES string of the molecule is Cc1cc(-c2ccccc2)ccc1-c1cc2cc(NC(=O)[C@@H]3C[C@H]3CC#N)ncc2c(N)n1. The van der Waals surface area contributed by atoms with E-state index in [1.807, 2.05) is 30.3 Å². The quantitative estimate of drug-likeness (QED) is 0.442. The molecule has 2 aromatic carbocycles. The molecule has 2 heterocycles. The number of amides is 1. The van der Waals surface area contributed by atoms with Crippen LogP contribution in [0, 0.1) is 30.1 Å². The van der Waals surface area contributed by atoms with E-state index in [-0.39, 0.29) is 17.7 Å². The lowest BCUT2D eigenvalue weighted by molar-refractivity contribution is -0.117. The van der Waals surface area contributed by atoms with Crippen molar-refractivity contribution in [3.63, 3.8) is 0 Å².